The number of benzene rings is 1. The number of thioether (sulfide) groups is 1. The van der Waals surface area contributed by atoms with Gasteiger partial charge in [-0.15, -0.1) is 0 Å². The van der Waals surface area contributed by atoms with Crippen LogP contribution in [0.1, 0.15) is 21.5 Å². The number of rotatable bonds is 5. The van der Waals surface area contributed by atoms with E-state index in [1.165, 1.54) is 24.3 Å². The first kappa shape index (κ1) is 19.1. The van der Waals surface area contributed by atoms with Crippen LogP contribution in [0.5, 0.6) is 0 Å². The molecule has 0 bridgehead atoms. The second-order valence-corrected chi connectivity index (χ2v) is 6.27. The predicted molar refractivity (Wildman–Crippen MR) is 92.0 cm³/mol. The topological polar surface area (TPSA) is 157 Å². The molecular weight excluding hydrogens is 378 g/mol. The maximum Gasteiger partial charge on any atom is 0.289 e. The Morgan fingerprint density at radius 2 is 1.96 bits per heavy atom. The molecule has 2 rings (SSSR count). The molecule has 4 N–H and O–H groups in total. The monoisotopic (exact) mass is 387 g/mol. The second kappa shape index (κ2) is 8.21. The molecule has 0 aliphatic rings. The van der Waals surface area contributed by atoms with Crippen LogP contribution in [-0.2, 0) is 4.79 Å². The molecule has 130 valence electrons. The normalized spacial score (nSPS) is 9.81. The lowest BCUT2D eigenvalue weighted by Gasteiger charge is -2.09. The van der Waals surface area contributed by atoms with E-state index in [4.69, 9.17) is 27.9 Å². The Bertz CT molecular complexity index is 981. The van der Waals surface area contributed by atoms with Crippen molar-refractivity contribution in [2.45, 2.75) is 5.03 Å². The fraction of sp³-hybridized carbons (Fsp3) is 0.0625. The van der Waals surface area contributed by atoms with Crippen molar-refractivity contribution >= 4 is 46.7 Å². The highest BCUT2D eigenvalue weighted by molar-refractivity contribution is 7.99. The van der Waals surface area contributed by atoms with Gasteiger partial charge < -0.3 is 15.2 Å². The van der Waals surface area contributed by atoms with Crippen molar-refractivity contribution in [1.29, 1.82) is 10.5 Å². The SMILES string of the molecule is N#Cc1cc(C#N)c(SCC(=O)Nc2ccc(Cl)c(C(=O)[O-])c2)[nH+]c1N. The molecule has 1 aromatic heterocycles. The van der Waals surface area contributed by atoms with Gasteiger partial charge in [0.25, 0.3) is 5.82 Å². The summed E-state index contributed by atoms with van der Waals surface area (Å²) in [7, 11) is 0. The molecule has 0 unspecified atom stereocenters. The van der Waals surface area contributed by atoms with E-state index in [-0.39, 0.29) is 39.0 Å². The molecule has 10 heteroatoms. The van der Waals surface area contributed by atoms with Crippen LogP contribution >= 0.6 is 23.4 Å². The first-order valence-corrected chi connectivity index (χ1v) is 8.31. The van der Waals surface area contributed by atoms with E-state index in [2.05, 4.69) is 10.3 Å². The van der Waals surface area contributed by atoms with E-state index < -0.39 is 11.9 Å². The highest BCUT2D eigenvalue weighted by atomic mass is 35.5. The number of nitrogen functional groups attached to an aromatic ring is 1. The number of nitriles is 2. The van der Waals surface area contributed by atoms with Crippen molar-refractivity contribution in [3.63, 3.8) is 0 Å². The number of aromatic nitrogens is 1. The smallest absolute Gasteiger partial charge is 0.289 e. The summed E-state index contributed by atoms with van der Waals surface area (Å²) >= 11 is 6.75. The lowest BCUT2D eigenvalue weighted by atomic mass is 10.2. The number of hydrogen-bond donors (Lipinski definition) is 2. The molecule has 0 aliphatic heterocycles. The van der Waals surface area contributed by atoms with Crippen molar-refractivity contribution in [1.82, 2.24) is 0 Å². The number of carboxylic acids is 1. The Hall–Kier alpha value is -3.27. The zero-order valence-corrected chi connectivity index (χ0v) is 14.6. The third kappa shape index (κ3) is 4.42. The van der Waals surface area contributed by atoms with Crippen molar-refractivity contribution in [3.05, 3.63) is 46.0 Å². The number of aromatic carboxylic acids is 1. The van der Waals surface area contributed by atoms with Gasteiger partial charge in [-0.1, -0.05) is 23.4 Å². The first-order chi connectivity index (χ1) is 12.3. The molecule has 1 heterocycles. The molecule has 0 saturated heterocycles. The molecule has 0 spiro atoms. The third-order valence-corrected chi connectivity index (χ3v) is 4.48. The molecule has 0 fully saturated rings. The predicted octanol–water partition coefficient (Wildman–Crippen LogP) is 0.574. The summed E-state index contributed by atoms with van der Waals surface area (Å²) in [5, 5.41) is 31.8. The molecular formula is C16H10ClN5O3S. The van der Waals surface area contributed by atoms with Gasteiger partial charge in [0.15, 0.2) is 5.03 Å². The number of carbonyl (C=O) groups is 2. The number of carbonyl (C=O) groups excluding carboxylic acids is 2. The lowest BCUT2D eigenvalue weighted by molar-refractivity contribution is -0.410. The van der Waals surface area contributed by atoms with Gasteiger partial charge in [0.2, 0.25) is 5.91 Å². The Balaban J connectivity index is 2.10. The van der Waals surface area contributed by atoms with Gasteiger partial charge in [-0.25, -0.2) is 4.98 Å². The minimum atomic E-state index is -1.46. The van der Waals surface area contributed by atoms with Crippen LogP contribution in [0.2, 0.25) is 5.02 Å². The quantitative estimate of drug-likeness (QED) is 0.710. The van der Waals surface area contributed by atoms with Crippen molar-refractivity contribution in [2.75, 3.05) is 16.8 Å². The molecule has 1 aromatic carbocycles. The largest absolute Gasteiger partial charge is 0.545 e. The average Bonchev–Trinajstić information content (AvgIpc) is 2.61. The van der Waals surface area contributed by atoms with Gasteiger partial charge in [-0.3, -0.25) is 10.5 Å². The van der Waals surface area contributed by atoms with Crippen LogP contribution in [0.15, 0.2) is 29.3 Å². The van der Waals surface area contributed by atoms with E-state index in [1.807, 2.05) is 12.1 Å². The fourth-order valence-electron chi connectivity index (χ4n) is 1.93. The number of H-pyrrole nitrogens is 1. The van der Waals surface area contributed by atoms with E-state index in [1.54, 1.807) is 0 Å². The third-order valence-electron chi connectivity index (χ3n) is 3.13. The van der Waals surface area contributed by atoms with Gasteiger partial charge in [0, 0.05) is 16.3 Å². The summed E-state index contributed by atoms with van der Waals surface area (Å²) in [6, 6.07) is 9.07. The van der Waals surface area contributed by atoms with Gasteiger partial charge >= 0.3 is 0 Å². The Kier molecular flexibility index (Phi) is 6.02. The van der Waals surface area contributed by atoms with Gasteiger partial charge in [0.05, 0.1) is 11.7 Å². The number of carboxylic acid groups (broad SMARTS) is 1. The Morgan fingerprint density at radius 1 is 1.27 bits per heavy atom. The highest BCUT2D eigenvalue weighted by Gasteiger charge is 2.16. The van der Waals surface area contributed by atoms with Gasteiger partial charge in [-0.05, 0) is 24.3 Å². The Morgan fingerprint density at radius 3 is 2.58 bits per heavy atom. The number of halogens is 1. The van der Waals surface area contributed by atoms with Crippen molar-refractivity contribution < 1.29 is 19.7 Å². The van der Waals surface area contributed by atoms with Crippen LogP contribution in [0.3, 0.4) is 0 Å². The van der Waals surface area contributed by atoms with Crippen LogP contribution in [0.4, 0.5) is 11.5 Å². The van der Waals surface area contributed by atoms with E-state index in [9.17, 15) is 14.7 Å². The van der Waals surface area contributed by atoms with Gasteiger partial charge in [0.1, 0.15) is 23.3 Å². The molecule has 0 atom stereocenters. The summed E-state index contributed by atoms with van der Waals surface area (Å²) in [4.78, 5) is 25.7. The minimum absolute atomic E-state index is 0.00121. The minimum Gasteiger partial charge on any atom is -0.545 e. The zero-order valence-electron chi connectivity index (χ0n) is 13.0. The van der Waals surface area contributed by atoms with E-state index in [0.29, 0.717) is 5.03 Å². The number of aromatic amines is 1. The summed E-state index contributed by atoms with van der Waals surface area (Å²) in [6.45, 7) is 0. The summed E-state index contributed by atoms with van der Waals surface area (Å²) < 4.78 is 0. The number of anilines is 2. The molecule has 8 nitrogen and oxygen atoms in total. The Labute approximate surface area is 157 Å². The number of nitrogens with two attached hydrogens (primary N) is 1. The van der Waals surface area contributed by atoms with Gasteiger partial charge in [-0.2, -0.15) is 10.5 Å². The highest BCUT2D eigenvalue weighted by Crippen LogP contribution is 2.22. The van der Waals surface area contributed by atoms with Crippen LogP contribution in [0.25, 0.3) is 0 Å². The summed E-state index contributed by atoms with van der Waals surface area (Å²) in [5.41, 5.74) is 5.98. The molecule has 1 amide bonds. The van der Waals surface area contributed by atoms with Crippen LogP contribution < -0.4 is 21.1 Å². The van der Waals surface area contributed by atoms with Crippen LogP contribution in [0, 0.1) is 22.7 Å². The van der Waals surface area contributed by atoms with E-state index >= 15 is 0 Å². The molecule has 26 heavy (non-hydrogen) atoms. The second-order valence-electron chi connectivity index (χ2n) is 4.88. The van der Waals surface area contributed by atoms with E-state index in [0.717, 1.165) is 11.8 Å². The standard InChI is InChI=1S/C16H10ClN5O3S/c17-12-2-1-10(4-11(12)16(24)25)21-13(23)7-26-15-9(6-19)3-8(5-18)14(20)22-15/h1-4H,7H2,(H2,20,22)(H,21,23)(H,24,25). The maximum absolute atomic E-state index is 12.1. The molecule has 2 aromatic rings. The zero-order chi connectivity index (χ0) is 19.3. The van der Waals surface area contributed by atoms with Crippen LogP contribution in [-0.4, -0.2) is 17.6 Å². The average molecular weight is 388 g/mol. The number of nitrogens with one attached hydrogen (secondary N) is 2. The maximum atomic E-state index is 12.1. The molecule has 0 radical (unpaired) electrons. The number of nitrogens with zero attached hydrogens (tertiary/aromatic N) is 2. The fourth-order valence-corrected chi connectivity index (χ4v) is 2.91. The van der Waals surface area contributed by atoms with Crippen molar-refractivity contribution in [3.8, 4) is 12.1 Å². The summed E-state index contributed by atoms with van der Waals surface area (Å²) in [5.74, 6) is -1.89. The number of amides is 1. The van der Waals surface area contributed by atoms with Crippen molar-refractivity contribution in [2.24, 2.45) is 0 Å². The number of hydrogen-bond acceptors (Lipinski definition) is 7. The number of pyridine rings is 1. The molecule has 0 aliphatic carbocycles. The lowest BCUT2D eigenvalue weighted by Crippen LogP contribution is -2.23. The molecule has 0 saturated carbocycles. The first-order valence-electron chi connectivity index (χ1n) is 6.95. The summed E-state index contributed by atoms with van der Waals surface area (Å²) in [6.07, 6.45) is 0.